The third kappa shape index (κ3) is 2.62. The lowest BCUT2D eigenvalue weighted by Gasteiger charge is -2.03. The summed E-state index contributed by atoms with van der Waals surface area (Å²) < 4.78 is 0. The van der Waals surface area contributed by atoms with Gasteiger partial charge in [0, 0.05) is 30.2 Å². The van der Waals surface area contributed by atoms with Gasteiger partial charge in [-0.1, -0.05) is 30.7 Å². The number of hydrogen-bond donors (Lipinski definition) is 0. The van der Waals surface area contributed by atoms with Gasteiger partial charge in [-0.2, -0.15) is 0 Å². The minimum Gasteiger partial charge on any atom is -0.258 e. The molecule has 1 aromatic carbocycles. The normalized spacial score (nSPS) is 10.3. The number of nitro benzene ring substituents is 1. The van der Waals surface area contributed by atoms with Gasteiger partial charge in [-0.3, -0.25) is 10.1 Å². The van der Waals surface area contributed by atoms with Gasteiger partial charge in [0.25, 0.3) is 5.69 Å². The zero-order valence-corrected chi connectivity index (χ0v) is 10.4. The van der Waals surface area contributed by atoms with E-state index in [0.29, 0.717) is 28.7 Å². The van der Waals surface area contributed by atoms with Gasteiger partial charge in [-0.05, 0) is 0 Å². The fourth-order valence-corrected chi connectivity index (χ4v) is 1.75. The Morgan fingerprint density at radius 2 is 2.11 bits per heavy atom. The van der Waals surface area contributed by atoms with Crippen LogP contribution >= 0.6 is 11.6 Å². The number of aryl methyl sites for hydroxylation is 1. The van der Waals surface area contributed by atoms with E-state index < -0.39 is 4.92 Å². The van der Waals surface area contributed by atoms with Crippen molar-refractivity contribution in [2.45, 2.75) is 13.3 Å². The summed E-state index contributed by atoms with van der Waals surface area (Å²) in [4.78, 5) is 18.6. The summed E-state index contributed by atoms with van der Waals surface area (Å²) in [6, 6.07) is 7.88. The largest absolute Gasteiger partial charge is 0.270 e. The molecule has 0 saturated carbocycles. The summed E-state index contributed by atoms with van der Waals surface area (Å²) >= 11 is 5.90. The van der Waals surface area contributed by atoms with Gasteiger partial charge in [0.05, 0.1) is 10.6 Å². The first-order valence-corrected chi connectivity index (χ1v) is 5.76. The van der Waals surface area contributed by atoms with Crippen LogP contribution in [-0.2, 0) is 6.42 Å². The molecule has 2 rings (SSSR count). The Labute approximate surface area is 109 Å². The van der Waals surface area contributed by atoms with Gasteiger partial charge >= 0.3 is 0 Å². The van der Waals surface area contributed by atoms with Crippen molar-refractivity contribution in [3.8, 4) is 11.3 Å². The smallest absolute Gasteiger partial charge is 0.258 e. The number of nitro groups is 1. The SMILES string of the molecule is CCc1nc(Cl)cc(-c2cccc([N+](=O)[O-])c2)n1. The first kappa shape index (κ1) is 12.4. The molecule has 0 amide bonds. The van der Waals surface area contributed by atoms with Crippen LogP contribution in [0.25, 0.3) is 11.3 Å². The van der Waals surface area contributed by atoms with Crippen LogP contribution in [0.5, 0.6) is 0 Å². The van der Waals surface area contributed by atoms with Crippen molar-refractivity contribution < 1.29 is 4.92 Å². The molecule has 0 N–H and O–H groups in total. The number of non-ortho nitro benzene ring substituents is 1. The summed E-state index contributed by atoms with van der Waals surface area (Å²) in [5.41, 5.74) is 1.28. The zero-order chi connectivity index (χ0) is 13.1. The molecule has 0 unspecified atom stereocenters. The molecule has 6 heteroatoms. The second-order valence-electron chi connectivity index (χ2n) is 3.65. The molecule has 0 saturated heterocycles. The molecule has 0 aliphatic carbocycles. The Morgan fingerprint density at radius 1 is 1.33 bits per heavy atom. The minimum absolute atomic E-state index is 0.0280. The van der Waals surface area contributed by atoms with Crippen LogP contribution in [0.2, 0.25) is 5.15 Å². The number of aromatic nitrogens is 2. The van der Waals surface area contributed by atoms with Gasteiger partial charge in [0.1, 0.15) is 11.0 Å². The molecule has 0 aliphatic rings. The first-order chi connectivity index (χ1) is 8.60. The summed E-state index contributed by atoms with van der Waals surface area (Å²) in [5, 5.41) is 11.1. The lowest BCUT2D eigenvalue weighted by Crippen LogP contribution is -1.96. The second-order valence-corrected chi connectivity index (χ2v) is 4.04. The highest BCUT2D eigenvalue weighted by molar-refractivity contribution is 6.29. The van der Waals surface area contributed by atoms with Crippen molar-refractivity contribution in [1.82, 2.24) is 9.97 Å². The van der Waals surface area contributed by atoms with Crippen LogP contribution in [0.1, 0.15) is 12.7 Å². The molecule has 0 fully saturated rings. The number of halogens is 1. The van der Waals surface area contributed by atoms with E-state index in [2.05, 4.69) is 9.97 Å². The van der Waals surface area contributed by atoms with E-state index in [1.54, 1.807) is 18.2 Å². The molecule has 1 heterocycles. The maximum Gasteiger partial charge on any atom is 0.270 e. The van der Waals surface area contributed by atoms with Crippen molar-refractivity contribution in [1.29, 1.82) is 0 Å². The highest BCUT2D eigenvalue weighted by Crippen LogP contribution is 2.24. The van der Waals surface area contributed by atoms with E-state index in [-0.39, 0.29) is 5.69 Å². The monoisotopic (exact) mass is 263 g/mol. The minimum atomic E-state index is -0.437. The predicted octanol–water partition coefficient (Wildman–Crippen LogP) is 3.27. The van der Waals surface area contributed by atoms with Gasteiger partial charge in [0.15, 0.2) is 0 Å². The summed E-state index contributed by atoms with van der Waals surface area (Å²) in [6.07, 6.45) is 0.655. The number of rotatable bonds is 3. The molecular formula is C12H10ClN3O2. The van der Waals surface area contributed by atoms with E-state index >= 15 is 0 Å². The fraction of sp³-hybridized carbons (Fsp3) is 0.167. The lowest BCUT2D eigenvalue weighted by atomic mass is 10.1. The van der Waals surface area contributed by atoms with Gasteiger partial charge in [-0.15, -0.1) is 0 Å². The Hall–Kier alpha value is -2.01. The quantitative estimate of drug-likeness (QED) is 0.484. The van der Waals surface area contributed by atoms with E-state index in [4.69, 9.17) is 11.6 Å². The molecule has 1 aromatic heterocycles. The van der Waals surface area contributed by atoms with E-state index in [0.717, 1.165) is 0 Å². The van der Waals surface area contributed by atoms with Crippen molar-refractivity contribution in [3.05, 3.63) is 51.4 Å². The standard InChI is InChI=1S/C12H10ClN3O2/c1-2-12-14-10(7-11(13)15-12)8-4-3-5-9(6-8)16(17)18/h3-7H,2H2,1H3. The lowest BCUT2D eigenvalue weighted by molar-refractivity contribution is -0.384. The van der Waals surface area contributed by atoms with Gasteiger partial charge in [0.2, 0.25) is 0 Å². The number of hydrogen-bond acceptors (Lipinski definition) is 4. The van der Waals surface area contributed by atoms with Crippen LogP contribution in [0.3, 0.4) is 0 Å². The van der Waals surface area contributed by atoms with E-state index in [1.165, 1.54) is 12.1 Å². The van der Waals surface area contributed by atoms with Crippen molar-refractivity contribution >= 4 is 17.3 Å². The molecule has 5 nitrogen and oxygen atoms in total. The molecule has 0 aliphatic heterocycles. The van der Waals surface area contributed by atoms with Crippen molar-refractivity contribution in [2.75, 3.05) is 0 Å². The van der Waals surface area contributed by atoms with Crippen LogP contribution in [-0.4, -0.2) is 14.9 Å². The highest BCUT2D eigenvalue weighted by Gasteiger charge is 2.09. The maximum atomic E-state index is 10.7. The van der Waals surface area contributed by atoms with Gasteiger partial charge in [-0.25, -0.2) is 9.97 Å². The van der Waals surface area contributed by atoms with Crippen LogP contribution in [0.15, 0.2) is 30.3 Å². The average Bonchev–Trinajstić information content (AvgIpc) is 2.38. The summed E-state index contributed by atoms with van der Waals surface area (Å²) in [6.45, 7) is 1.92. The number of nitrogens with zero attached hydrogens (tertiary/aromatic N) is 3. The van der Waals surface area contributed by atoms with Crippen molar-refractivity contribution in [3.63, 3.8) is 0 Å². The Morgan fingerprint density at radius 3 is 2.78 bits per heavy atom. The van der Waals surface area contributed by atoms with E-state index in [1.807, 2.05) is 6.92 Å². The highest BCUT2D eigenvalue weighted by atomic mass is 35.5. The maximum absolute atomic E-state index is 10.7. The molecule has 2 aromatic rings. The van der Waals surface area contributed by atoms with Crippen LogP contribution in [0.4, 0.5) is 5.69 Å². The third-order valence-electron chi connectivity index (χ3n) is 2.41. The van der Waals surface area contributed by atoms with Crippen LogP contribution in [0, 0.1) is 10.1 Å². The molecule has 0 spiro atoms. The van der Waals surface area contributed by atoms with Crippen LogP contribution < -0.4 is 0 Å². The fourth-order valence-electron chi connectivity index (χ4n) is 1.55. The Kier molecular flexibility index (Phi) is 3.53. The Balaban J connectivity index is 2.51. The van der Waals surface area contributed by atoms with Crippen molar-refractivity contribution in [2.24, 2.45) is 0 Å². The molecule has 18 heavy (non-hydrogen) atoms. The topological polar surface area (TPSA) is 68.9 Å². The molecule has 92 valence electrons. The third-order valence-corrected chi connectivity index (χ3v) is 2.60. The summed E-state index contributed by atoms with van der Waals surface area (Å²) in [7, 11) is 0. The Bertz CT molecular complexity index is 602. The van der Waals surface area contributed by atoms with E-state index in [9.17, 15) is 10.1 Å². The molecule has 0 radical (unpaired) electrons. The zero-order valence-electron chi connectivity index (χ0n) is 9.63. The van der Waals surface area contributed by atoms with Gasteiger partial charge < -0.3 is 0 Å². The molecule has 0 bridgehead atoms. The average molecular weight is 264 g/mol. The summed E-state index contributed by atoms with van der Waals surface area (Å²) in [5.74, 6) is 0.615. The predicted molar refractivity (Wildman–Crippen MR) is 68.5 cm³/mol. The number of benzene rings is 1. The second kappa shape index (κ2) is 5.10. The molecule has 0 atom stereocenters. The molecular weight excluding hydrogens is 254 g/mol. The first-order valence-electron chi connectivity index (χ1n) is 5.38.